The molecule has 0 spiro atoms. The second kappa shape index (κ2) is 7.53. The van der Waals surface area contributed by atoms with E-state index in [1.54, 1.807) is 17.2 Å². The fraction of sp³-hybridized carbons (Fsp3) is 0.316. The minimum atomic E-state index is 0.177. The molecule has 1 aliphatic heterocycles. The van der Waals surface area contributed by atoms with Crippen LogP contribution in [0.25, 0.3) is 5.69 Å². The highest BCUT2D eigenvalue weighted by molar-refractivity contribution is 5.58. The number of hydrogen-bond donors (Lipinski definition) is 1. The van der Waals surface area contributed by atoms with Crippen molar-refractivity contribution in [2.75, 3.05) is 18.5 Å². The van der Waals surface area contributed by atoms with Crippen LogP contribution in [-0.2, 0) is 4.74 Å². The first kappa shape index (κ1) is 16.5. The molecule has 1 fully saturated rings. The Balaban J connectivity index is 1.49. The van der Waals surface area contributed by atoms with Crippen LogP contribution >= 0.6 is 0 Å². The van der Waals surface area contributed by atoms with Crippen molar-refractivity contribution in [1.82, 2.24) is 19.7 Å². The molecule has 26 heavy (non-hydrogen) atoms. The lowest BCUT2D eigenvalue weighted by atomic mass is 10.1. The van der Waals surface area contributed by atoms with Crippen molar-refractivity contribution in [1.29, 1.82) is 0 Å². The number of pyridine rings is 1. The normalized spacial score (nSPS) is 15.0. The van der Waals surface area contributed by atoms with Gasteiger partial charge in [0.1, 0.15) is 18.2 Å². The molecule has 0 saturated carbocycles. The van der Waals surface area contributed by atoms with Crippen molar-refractivity contribution in [2.24, 2.45) is 0 Å². The lowest BCUT2D eigenvalue weighted by Gasteiger charge is -2.23. The van der Waals surface area contributed by atoms with Crippen LogP contribution < -0.4 is 10.1 Å². The highest BCUT2D eigenvalue weighted by atomic mass is 16.5. The van der Waals surface area contributed by atoms with Gasteiger partial charge in [-0.1, -0.05) is 18.2 Å². The predicted molar refractivity (Wildman–Crippen MR) is 98.1 cm³/mol. The van der Waals surface area contributed by atoms with Crippen LogP contribution in [0.2, 0.25) is 0 Å². The molecule has 7 heteroatoms. The molecule has 0 amide bonds. The maximum atomic E-state index is 6.03. The Labute approximate surface area is 152 Å². The van der Waals surface area contributed by atoms with Crippen molar-refractivity contribution in [3.63, 3.8) is 0 Å². The molecule has 0 radical (unpaired) electrons. The van der Waals surface area contributed by atoms with Gasteiger partial charge in [-0.3, -0.25) is 4.98 Å². The SMILES string of the molecule is Cc1ncc(OC2CCOCC2)cc1Nc1ncn(-c2ccccc2)n1. The lowest BCUT2D eigenvalue weighted by Crippen LogP contribution is -2.25. The van der Waals surface area contributed by atoms with E-state index in [9.17, 15) is 0 Å². The zero-order chi connectivity index (χ0) is 17.8. The molecule has 2 aromatic heterocycles. The van der Waals surface area contributed by atoms with Gasteiger partial charge in [0.15, 0.2) is 0 Å². The Morgan fingerprint density at radius 2 is 1.96 bits per heavy atom. The predicted octanol–water partition coefficient (Wildman–Crippen LogP) is 3.27. The molecule has 134 valence electrons. The summed E-state index contributed by atoms with van der Waals surface area (Å²) >= 11 is 0. The van der Waals surface area contributed by atoms with Crippen molar-refractivity contribution in [2.45, 2.75) is 25.9 Å². The number of benzene rings is 1. The third-order valence-corrected chi connectivity index (χ3v) is 4.29. The summed E-state index contributed by atoms with van der Waals surface area (Å²) in [7, 11) is 0. The molecule has 0 aliphatic carbocycles. The second-order valence-corrected chi connectivity index (χ2v) is 6.21. The first-order chi connectivity index (χ1) is 12.8. The molecule has 0 bridgehead atoms. The van der Waals surface area contributed by atoms with Gasteiger partial charge in [-0.2, -0.15) is 4.98 Å². The molecule has 1 N–H and O–H groups in total. The number of anilines is 2. The van der Waals surface area contributed by atoms with Gasteiger partial charge in [0.25, 0.3) is 0 Å². The van der Waals surface area contributed by atoms with E-state index in [1.807, 2.05) is 43.3 Å². The van der Waals surface area contributed by atoms with Crippen molar-refractivity contribution >= 4 is 11.6 Å². The zero-order valence-electron chi connectivity index (χ0n) is 14.6. The Hall–Kier alpha value is -2.93. The smallest absolute Gasteiger partial charge is 0.247 e. The largest absolute Gasteiger partial charge is 0.489 e. The van der Waals surface area contributed by atoms with Crippen LogP contribution in [0.15, 0.2) is 48.9 Å². The molecule has 1 aliphatic rings. The Morgan fingerprint density at radius 3 is 2.77 bits per heavy atom. The number of nitrogens with zero attached hydrogens (tertiary/aromatic N) is 4. The molecular formula is C19H21N5O2. The minimum Gasteiger partial charge on any atom is -0.489 e. The van der Waals surface area contributed by atoms with Crippen LogP contribution in [-0.4, -0.2) is 39.1 Å². The number of ether oxygens (including phenoxy) is 2. The van der Waals surface area contributed by atoms with Crippen molar-refractivity contribution in [3.8, 4) is 11.4 Å². The van der Waals surface area contributed by atoms with Crippen LogP contribution in [0, 0.1) is 6.92 Å². The third kappa shape index (κ3) is 3.83. The van der Waals surface area contributed by atoms with Crippen LogP contribution in [0.3, 0.4) is 0 Å². The average molecular weight is 351 g/mol. The maximum absolute atomic E-state index is 6.03. The van der Waals surface area contributed by atoms with E-state index in [4.69, 9.17) is 9.47 Å². The van der Waals surface area contributed by atoms with Gasteiger partial charge in [0.05, 0.1) is 36.5 Å². The number of hydrogen-bond acceptors (Lipinski definition) is 6. The molecule has 0 unspecified atom stereocenters. The van der Waals surface area contributed by atoms with Gasteiger partial charge in [0.2, 0.25) is 5.95 Å². The molecule has 3 heterocycles. The van der Waals surface area contributed by atoms with E-state index < -0.39 is 0 Å². The fourth-order valence-electron chi connectivity index (χ4n) is 2.84. The highest BCUT2D eigenvalue weighted by Crippen LogP contribution is 2.24. The van der Waals surface area contributed by atoms with E-state index in [-0.39, 0.29) is 6.10 Å². The quantitative estimate of drug-likeness (QED) is 0.760. The fourth-order valence-corrected chi connectivity index (χ4v) is 2.84. The Bertz CT molecular complexity index is 859. The molecule has 4 rings (SSSR count). The highest BCUT2D eigenvalue weighted by Gasteiger charge is 2.16. The standard InChI is InChI=1S/C19H21N5O2/c1-14-18(11-17(12-20-14)26-16-7-9-25-10-8-16)22-19-21-13-24(23-19)15-5-3-2-4-6-15/h2-6,11-13,16H,7-10H2,1H3,(H,22,23). The molecule has 1 saturated heterocycles. The van der Waals surface area contributed by atoms with Crippen molar-refractivity contribution in [3.05, 3.63) is 54.6 Å². The average Bonchev–Trinajstić information content (AvgIpc) is 3.15. The number of nitrogens with one attached hydrogen (secondary N) is 1. The zero-order valence-corrected chi connectivity index (χ0v) is 14.6. The molecule has 0 atom stereocenters. The first-order valence-electron chi connectivity index (χ1n) is 8.73. The Morgan fingerprint density at radius 1 is 1.15 bits per heavy atom. The third-order valence-electron chi connectivity index (χ3n) is 4.29. The summed E-state index contributed by atoms with van der Waals surface area (Å²) in [5, 5.41) is 7.70. The molecule has 3 aromatic rings. The maximum Gasteiger partial charge on any atom is 0.247 e. The summed E-state index contributed by atoms with van der Waals surface area (Å²) in [4.78, 5) is 8.75. The van der Waals surface area contributed by atoms with Crippen LogP contribution in [0.1, 0.15) is 18.5 Å². The summed E-state index contributed by atoms with van der Waals surface area (Å²) in [5.74, 6) is 1.26. The number of para-hydroxylation sites is 1. The Kier molecular flexibility index (Phi) is 4.79. The lowest BCUT2D eigenvalue weighted by molar-refractivity contribution is 0.0254. The van der Waals surface area contributed by atoms with Crippen molar-refractivity contribution < 1.29 is 9.47 Å². The summed E-state index contributed by atoms with van der Waals surface area (Å²) < 4.78 is 13.1. The van der Waals surface area contributed by atoms with Gasteiger partial charge < -0.3 is 14.8 Å². The summed E-state index contributed by atoms with van der Waals surface area (Å²) in [5.41, 5.74) is 2.65. The first-order valence-corrected chi connectivity index (χ1v) is 8.73. The van der Waals surface area contributed by atoms with E-state index >= 15 is 0 Å². The summed E-state index contributed by atoms with van der Waals surface area (Å²) in [6, 6.07) is 11.8. The number of rotatable bonds is 5. The van der Waals surface area contributed by atoms with E-state index in [0.717, 1.165) is 48.9 Å². The van der Waals surface area contributed by atoms with Gasteiger partial charge >= 0.3 is 0 Å². The van der Waals surface area contributed by atoms with Crippen LogP contribution in [0.5, 0.6) is 5.75 Å². The van der Waals surface area contributed by atoms with Gasteiger partial charge in [-0.15, -0.1) is 5.10 Å². The molecular weight excluding hydrogens is 330 g/mol. The number of aryl methyl sites for hydroxylation is 1. The van der Waals surface area contributed by atoms with Gasteiger partial charge in [-0.05, 0) is 19.1 Å². The number of aromatic nitrogens is 4. The summed E-state index contributed by atoms with van der Waals surface area (Å²) in [6.45, 7) is 3.43. The molecule has 1 aromatic carbocycles. The summed E-state index contributed by atoms with van der Waals surface area (Å²) in [6.07, 6.45) is 5.42. The van der Waals surface area contributed by atoms with Crippen LogP contribution in [0.4, 0.5) is 11.6 Å². The topological polar surface area (TPSA) is 74.1 Å². The van der Waals surface area contributed by atoms with E-state index in [1.165, 1.54) is 0 Å². The van der Waals surface area contributed by atoms with Gasteiger partial charge in [0, 0.05) is 18.9 Å². The minimum absolute atomic E-state index is 0.177. The van der Waals surface area contributed by atoms with E-state index in [0.29, 0.717) is 5.95 Å². The molecule has 7 nitrogen and oxygen atoms in total. The second-order valence-electron chi connectivity index (χ2n) is 6.21. The monoisotopic (exact) mass is 351 g/mol. The van der Waals surface area contributed by atoms with E-state index in [2.05, 4.69) is 20.4 Å². The van der Waals surface area contributed by atoms with Gasteiger partial charge in [-0.25, -0.2) is 4.68 Å².